The number of rotatable bonds is 4. The number of aliphatic imine (C=N–C) groups is 1. The maximum Gasteiger partial charge on any atom is 0.182 e. The van der Waals surface area contributed by atoms with Crippen molar-refractivity contribution in [2.24, 2.45) is 4.99 Å². The first-order valence-corrected chi connectivity index (χ1v) is 5.93. The van der Waals surface area contributed by atoms with Gasteiger partial charge in [0.05, 0.1) is 0 Å². The fourth-order valence-electron chi connectivity index (χ4n) is 1.53. The van der Waals surface area contributed by atoms with Gasteiger partial charge in [-0.25, -0.2) is 0 Å². The van der Waals surface area contributed by atoms with Crippen molar-refractivity contribution in [1.82, 2.24) is 5.32 Å². The number of aryl methyl sites for hydroxylation is 1. The summed E-state index contributed by atoms with van der Waals surface area (Å²) in [5, 5.41) is 11.7. The third-order valence-corrected chi connectivity index (χ3v) is 2.67. The fourth-order valence-corrected chi connectivity index (χ4v) is 1.66. The van der Waals surface area contributed by atoms with Crippen molar-refractivity contribution >= 4 is 17.4 Å². The molecule has 0 aromatic heterocycles. The molecule has 1 aromatic rings. The molecule has 90 valence electrons. The van der Waals surface area contributed by atoms with E-state index in [0.29, 0.717) is 5.84 Å². The van der Waals surface area contributed by atoms with Crippen LogP contribution in [0.25, 0.3) is 0 Å². The predicted octanol–water partition coefficient (Wildman–Crippen LogP) is 3.15. The zero-order valence-electron chi connectivity index (χ0n) is 10.1. The molecular formula is C13H16ClN3. The molecule has 0 saturated carbocycles. The maximum absolute atomic E-state index is 8.43. The quantitative estimate of drug-likeness (QED) is 0.386. The van der Waals surface area contributed by atoms with Crippen LogP contribution in [0.1, 0.15) is 25.8 Å². The van der Waals surface area contributed by atoms with Crippen LogP contribution in [0, 0.1) is 11.5 Å². The summed E-state index contributed by atoms with van der Waals surface area (Å²) in [4.78, 5) is 4.36. The summed E-state index contributed by atoms with van der Waals surface area (Å²) in [6, 6.07) is 8.05. The second-order valence-corrected chi connectivity index (χ2v) is 4.40. The molecule has 0 radical (unpaired) electrons. The van der Waals surface area contributed by atoms with E-state index in [1.165, 1.54) is 5.56 Å². The number of nitrogens with zero attached hydrogens (tertiary/aromatic N) is 2. The summed E-state index contributed by atoms with van der Waals surface area (Å²) < 4.78 is 0. The Bertz CT molecular complexity index is 417. The summed E-state index contributed by atoms with van der Waals surface area (Å²) in [6.07, 6.45) is 3.77. The second-order valence-electron chi connectivity index (χ2n) is 3.97. The lowest BCUT2D eigenvalue weighted by molar-refractivity contribution is 0.665. The molecule has 17 heavy (non-hydrogen) atoms. The molecule has 1 rings (SSSR count). The Morgan fingerprint density at radius 1 is 1.47 bits per heavy atom. The van der Waals surface area contributed by atoms with E-state index in [0.717, 1.165) is 17.9 Å². The molecule has 0 bridgehead atoms. The first-order valence-electron chi connectivity index (χ1n) is 5.55. The van der Waals surface area contributed by atoms with Crippen LogP contribution in [0.5, 0.6) is 0 Å². The van der Waals surface area contributed by atoms with Gasteiger partial charge in [-0.05, 0) is 44.4 Å². The normalized spacial score (nSPS) is 12.9. The molecule has 0 amide bonds. The van der Waals surface area contributed by atoms with E-state index in [9.17, 15) is 0 Å². The minimum absolute atomic E-state index is 0.200. The van der Waals surface area contributed by atoms with Gasteiger partial charge in [0.25, 0.3) is 0 Å². The van der Waals surface area contributed by atoms with Gasteiger partial charge >= 0.3 is 0 Å². The third kappa shape index (κ3) is 5.37. The molecule has 0 aliphatic rings. The minimum Gasteiger partial charge on any atom is -0.281 e. The topological polar surface area (TPSA) is 48.2 Å². The predicted molar refractivity (Wildman–Crippen MR) is 71.1 cm³/mol. The largest absolute Gasteiger partial charge is 0.281 e. The van der Waals surface area contributed by atoms with E-state index < -0.39 is 0 Å². The summed E-state index contributed by atoms with van der Waals surface area (Å²) in [6.45, 7) is 3.83. The molecule has 0 aliphatic carbocycles. The smallest absolute Gasteiger partial charge is 0.182 e. The number of nitrogens with one attached hydrogen (secondary N) is 1. The van der Waals surface area contributed by atoms with Gasteiger partial charge in [0.1, 0.15) is 5.84 Å². The highest BCUT2D eigenvalue weighted by molar-refractivity contribution is 6.30. The molecule has 0 unspecified atom stereocenters. The van der Waals surface area contributed by atoms with Crippen LogP contribution in [-0.2, 0) is 6.42 Å². The molecule has 3 nitrogen and oxygen atoms in total. The summed E-state index contributed by atoms with van der Waals surface area (Å²) >= 11 is 5.82. The Labute approximate surface area is 107 Å². The van der Waals surface area contributed by atoms with Gasteiger partial charge in [-0.2, -0.15) is 5.26 Å². The highest BCUT2D eigenvalue weighted by Crippen LogP contribution is 2.12. The molecule has 1 aromatic carbocycles. The molecule has 0 fully saturated rings. The average molecular weight is 250 g/mol. The van der Waals surface area contributed by atoms with Gasteiger partial charge in [-0.3, -0.25) is 10.3 Å². The van der Waals surface area contributed by atoms with Gasteiger partial charge in [0.2, 0.25) is 0 Å². The van der Waals surface area contributed by atoms with Crippen LogP contribution >= 0.6 is 11.6 Å². The van der Waals surface area contributed by atoms with E-state index in [2.05, 4.69) is 10.3 Å². The minimum atomic E-state index is 0.200. The standard InChI is InChI=1S/C13H16ClN3/c1-10(17-11(2)16-9-15)3-4-12-5-7-13(14)8-6-12/h5-8,10H,3-4H2,1-2H3,(H,16,17)/t10-/m1/s1. The van der Waals surface area contributed by atoms with E-state index in [1.54, 1.807) is 6.92 Å². The highest BCUT2D eigenvalue weighted by Gasteiger charge is 2.01. The molecule has 1 atom stereocenters. The summed E-state index contributed by atoms with van der Waals surface area (Å²) in [5.41, 5.74) is 1.25. The lowest BCUT2D eigenvalue weighted by atomic mass is 10.1. The number of hydrogen-bond donors (Lipinski definition) is 1. The highest BCUT2D eigenvalue weighted by atomic mass is 35.5. The number of nitriles is 1. The monoisotopic (exact) mass is 249 g/mol. The van der Waals surface area contributed by atoms with Crippen LogP contribution in [0.4, 0.5) is 0 Å². The third-order valence-electron chi connectivity index (χ3n) is 2.41. The van der Waals surface area contributed by atoms with E-state index in [1.807, 2.05) is 37.4 Å². The molecule has 0 saturated heterocycles. The summed E-state index contributed by atoms with van der Waals surface area (Å²) in [7, 11) is 0. The molecule has 0 heterocycles. The van der Waals surface area contributed by atoms with Crippen LogP contribution in [0.15, 0.2) is 29.3 Å². The fraction of sp³-hybridized carbons (Fsp3) is 0.385. The van der Waals surface area contributed by atoms with Crippen molar-refractivity contribution in [3.05, 3.63) is 34.9 Å². The summed E-state index contributed by atoms with van der Waals surface area (Å²) in [5.74, 6) is 0.663. The Hall–Kier alpha value is -1.53. The maximum atomic E-state index is 8.43. The van der Waals surface area contributed by atoms with Crippen LogP contribution in [0.2, 0.25) is 5.02 Å². The van der Waals surface area contributed by atoms with Crippen molar-refractivity contribution in [1.29, 1.82) is 5.26 Å². The number of benzene rings is 1. The lowest BCUT2D eigenvalue weighted by Crippen LogP contribution is -2.16. The van der Waals surface area contributed by atoms with Gasteiger partial charge in [-0.15, -0.1) is 0 Å². The Balaban J connectivity index is 2.43. The van der Waals surface area contributed by atoms with E-state index in [4.69, 9.17) is 16.9 Å². The van der Waals surface area contributed by atoms with Crippen molar-refractivity contribution in [2.45, 2.75) is 32.7 Å². The molecule has 1 N–H and O–H groups in total. The van der Waals surface area contributed by atoms with E-state index in [-0.39, 0.29) is 6.04 Å². The van der Waals surface area contributed by atoms with Crippen molar-refractivity contribution in [3.8, 4) is 6.19 Å². The van der Waals surface area contributed by atoms with Crippen molar-refractivity contribution < 1.29 is 0 Å². The van der Waals surface area contributed by atoms with Crippen molar-refractivity contribution in [3.63, 3.8) is 0 Å². The number of halogens is 1. The molecule has 0 spiro atoms. The Morgan fingerprint density at radius 2 is 2.12 bits per heavy atom. The van der Waals surface area contributed by atoms with Crippen LogP contribution in [-0.4, -0.2) is 11.9 Å². The zero-order chi connectivity index (χ0) is 12.7. The molecular weight excluding hydrogens is 234 g/mol. The van der Waals surface area contributed by atoms with Crippen molar-refractivity contribution in [2.75, 3.05) is 0 Å². The van der Waals surface area contributed by atoms with Gasteiger partial charge in [0, 0.05) is 11.1 Å². The van der Waals surface area contributed by atoms with Crippen LogP contribution < -0.4 is 5.32 Å². The van der Waals surface area contributed by atoms with Gasteiger partial charge in [0.15, 0.2) is 6.19 Å². The van der Waals surface area contributed by atoms with Gasteiger partial charge in [-0.1, -0.05) is 23.7 Å². The van der Waals surface area contributed by atoms with Gasteiger partial charge < -0.3 is 0 Å². The van der Waals surface area contributed by atoms with E-state index >= 15 is 0 Å². The molecule has 4 heteroatoms. The molecule has 0 aliphatic heterocycles. The number of amidine groups is 1. The SMILES string of the molecule is CC(=N[C@H](C)CCc1ccc(Cl)cc1)NC#N. The Morgan fingerprint density at radius 3 is 2.71 bits per heavy atom. The second kappa shape index (κ2) is 6.93. The average Bonchev–Trinajstić information content (AvgIpc) is 2.28. The van der Waals surface area contributed by atoms with Crippen LogP contribution in [0.3, 0.4) is 0 Å². The lowest BCUT2D eigenvalue weighted by Gasteiger charge is -2.07. The number of hydrogen-bond acceptors (Lipinski definition) is 2. The Kier molecular flexibility index (Phi) is 5.51. The first kappa shape index (κ1) is 13.5. The first-order chi connectivity index (χ1) is 8.11. The zero-order valence-corrected chi connectivity index (χ0v) is 10.8.